The van der Waals surface area contributed by atoms with Gasteiger partial charge >= 0.3 is 5.97 Å². The van der Waals surface area contributed by atoms with E-state index in [1.54, 1.807) is 6.92 Å². The second kappa shape index (κ2) is 5.48. The molecule has 0 spiro atoms. The maximum Gasteiger partial charge on any atom is 0.336 e. The number of hydrogen-bond donors (Lipinski definition) is 2. The van der Waals surface area contributed by atoms with Gasteiger partial charge in [-0.1, -0.05) is 6.92 Å². The number of nitro benzene ring substituents is 1. The van der Waals surface area contributed by atoms with Crippen LogP contribution < -0.4 is 5.32 Å². The van der Waals surface area contributed by atoms with Crippen LogP contribution >= 0.6 is 0 Å². The Morgan fingerprint density at radius 1 is 1.50 bits per heavy atom. The highest BCUT2D eigenvalue weighted by atomic mass is 16.6. The summed E-state index contributed by atoms with van der Waals surface area (Å²) < 4.78 is 0. The summed E-state index contributed by atoms with van der Waals surface area (Å²) in [5.41, 5.74) is 0.444. The zero-order valence-electron chi connectivity index (χ0n) is 10.6. The molecule has 6 nitrogen and oxygen atoms in total. The zero-order valence-corrected chi connectivity index (χ0v) is 10.6. The number of nitrogens with one attached hydrogen (secondary N) is 1. The molecule has 0 aliphatic heterocycles. The van der Waals surface area contributed by atoms with Crippen LogP contribution in [0.2, 0.25) is 0 Å². The highest BCUT2D eigenvalue weighted by molar-refractivity contribution is 5.92. The fraction of sp³-hybridized carbons (Fsp3) is 0.417. The second-order valence-corrected chi connectivity index (χ2v) is 4.20. The summed E-state index contributed by atoms with van der Waals surface area (Å²) in [4.78, 5) is 21.6. The molecule has 0 heterocycles. The van der Waals surface area contributed by atoms with Crippen molar-refractivity contribution in [3.63, 3.8) is 0 Å². The van der Waals surface area contributed by atoms with Gasteiger partial charge in [0.15, 0.2) is 0 Å². The molecule has 0 bridgehead atoms. The smallest absolute Gasteiger partial charge is 0.336 e. The predicted molar refractivity (Wildman–Crippen MR) is 68.2 cm³/mol. The van der Waals surface area contributed by atoms with E-state index in [9.17, 15) is 14.9 Å². The van der Waals surface area contributed by atoms with Crippen molar-refractivity contribution in [1.29, 1.82) is 0 Å². The SMILES string of the molecule is CCc1c(C(=O)O)ccc(NC(C)C)c1[N+](=O)[O-]. The molecule has 1 aromatic rings. The summed E-state index contributed by atoms with van der Waals surface area (Å²) in [6.07, 6.45) is 0.297. The van der Waals surface area contributed by atoms with Crippen molar-refractivity contribution >= 4 is 17.3 Å². The monoisotopic (exact) mass is 252 g/mol. The van der Waals surface area contributed by atoms with E-state index in [2.05, 4.69) is 5.32 Å². The first kappa shape index (κ1) is 14.0. The van der Waals surface area contributed by atoms with Gasteiger partial charge < -0.3 is 10.4 Å². The Kier molecular flexibility index (Phi) is 4.25. The van der Waals surface area contributed by atoms with E-state index >= 15 is 0 Å². The molecular weight excluding hydrogens is 236 g/mol. The maximum atomic E-state index is 11.1. The first-order valence-corrected chi connectivity index (χ1v) is 5.68. The van der Waals surface area contributed by atoms with Gasteiger partial charge in [0, 0.05) is 11.6 Å². The van der Waals surface area contributed by atoms with Gasteiger partial charge in [0.2, 0.25) is 0 Å². The third-order valence-electron chi connectivity index (χ3n) is 2.49. The van der Waals surface area contributed by atoms with Gasteiger partial charge in [-0.15, -0.1) is 0 Å². The van der Waals surface area contributed by atoms with Crippen molar-refractivity contribution in [3.8, 4) is 0 Å². The Bertz CT molecular complexity index is 483. The summed E-state index contributed by atoms with van der Waals surface area (Å²) >= 11 is 0. The largest absolute Gasteiger partial charge is 0.478 e. The molecule has 1 aromatic carbocycles. The fourth-order valence-electron chi connectivity index (χ4n) is 1.83. The number of carboxylic acids is 1. The predicted octanol–water partition coefficient (Wildman–Crippen LogP) is 2.68. The van der Waals surface area contributed by atoms with Gasteiger partial charge in [0.1, 0.15) is 5.69 Å². The van der Waals surface area contributed by atoms with Crippen LogP contribution in [0.4, 0.5) is 11.4 Å². The number of hydrogen-bond acceptors (Lipinski definition) is 4. The van der Waals surface area contributed by atoms with E-state index in [1.807, 2.05) is 13.8 Å². The van der Waals surface area contributed by atoms with Crippen molar-refractivity contribution in [3.05, 3.63) is 33.4 Å². The quantitative estimate of drug-likeness (QED) is 0.620. The summed E-state index contributed by atoms with van der Waals surface area (Å²) in [5.74, 6) is -1.15. The summed E-state index contributed by atoms with van der Waals surface area (Å²) in [5, 5.41) is 23.1. The van der Waals surface area contributed by atoms with Gasteiger partial charge in [-0.2, -0.15) is 0 Å². The van der Waals surface area contributed by atoms with E-state index in [4.69, 9.17) is 5.11 Å². The molecule has 1 rings (SSSR count). The Hall–Kier alpha value is -2.11. The van der Waals surface area contributed by atoms with E-state index in [1.165, 1.54) is 12.1 Å². The number of anilines is 1. The van der Waals surface area contributed by atoms with Crippen LogP contribution in [0.3, 0.4) is 0 Å². The minimum absolute atomic E-state index is 0.0153. The first-order chi connectivity index (χ1) is 8.38. The molecule has 2 N–H and O–H groups in total. The van der Waals surface area contributed by atoms with Gasteiger partial charge in [-0.25, -0.2) is 4.79 Å². The third-order valence-corrected chi connectivity index (χ3v) is 2.49. The molecule has 0 saturated carbocycles. The Morgan fingerprint density at radius 2 is 2.11 bits per heavy atom. The topological polar surface area (TPSA) is 92.5 Å². The van der Waals surface area contributed by atoms with Crippen LogP contribution in [0.1, 0.15) is 36.7 Å². The molecule has 0 saturated heterocycles. The van der Waals surface area contributed by atoms with Crippen LogP contribution in [0.25, 0.3) is 0 Å². The average Bonchev–Trinajstić information content (AvgIpc) is 2.26. The fourth-order valence-corrected chi connectivity index (χ4v) is 1.83. The Morgan fingerprint density at radius 3 is 2.50 bits per heavy atom. The molecule has 98 valence electrons. The van der Waals surface area contributed by atoms with Crippen molar-refractivity contribution < 1.29 is 14.8 Å². The van der Waals surface area contributed by atoms with Gasteiger partial charge in [-0.3, -0.25) is 10.1 Å². The number of nitro groups is 1. The second-order valence-electron chi connectivity index (χ2n) is 4.20. The molecule has 0 aliphatic rings. The summed E-state index contributed by atoms with van der Waals surface area (Å²) in [6.45, 7) is 5.43. The van der Waals surface area contributed by atoms with E-state index in [-0.39, 0.29) is 22.9 Å². The van der Waals surface area contributed by atoms with Crippen LogP contribution in [-0.2, 0) is 6.42 Å². The van der Waals surface area contributed by atoms with Crippen LogP contribution in [-0.4, -0.2) is 22.0 Å². The van der Waals surface area contributed by atoms with Crippen molar-refractivity contribution in [2.45, 2.75) is 33.2 Å². The number of nitrogens with zero attached hydrogens (tertiary/aromatic N) is 1. The Labute approximate surface area is 105 Å². The zero-order chi connectivity index (χ0) is 13.9. The number of aromatic carboxylic acids is 1. The lowest BCUT2D eigenvalue weighted by atomic mass is 10.0. The minimum Gasteiger partial charge on any atom is -0.478 e. The molecule has 18 heavy (non-hydrogen) atoms. The highest BCUT2D eigenvalue weighted by Crippen LogP contribution is 2.32. The third kappa shape index (κ3) is 2.77. The summed E-state index contributed by atoms with van der Waals surface area (Å²) in [6, 6.07) is 2.88. The van der Waals surface area contributed by atoms with Gasteiger partial charge in [-0.05, 0) is 32.4 Å². The molecule has 0 aliphatic carbocycles. The van der Waals surface area contributed by atoms with Gasteiger partial charge in [0.05, 0.1) is 10.5 Å². The van der Waals surface area contributed by atoms with Crippen molar-refractivity contribution in [2.24, 2.45) is 0 Å². The molecular formula is C12H16N2O4. The average molecular weight is 252 g/mol. The van der Waals surface area contributed by atoms with Crippen molar-refractivity contribution in [2.75, 3.05) is 5.32 Å². The normalized spacial score (nSPS) is 10.4. The van der Waals surface area contributed by atoms with Crippen molar-refractivity contribution in [1.82, 2.24) is 0 Å². The van der Waals surface area contributed by atoms with E-state index < -0.39 is 10.9 Å². The standard InChI is InChI=1S/C12H16N2O4/c1-4-8-9(12(15)16)5-6-10(13-7(2)3)11(8)14(17)18/h5-7,13H,4H2,1-3H3,(H,15,16). The molecule has 0 atom stereocenters. The van der Waals surface area contributed by atoms with Crippen LogP contribution in [0.15, 0.2) is 12.1 Å². The molecule has 0 unspecified atom stereocenters. The minimum atomic E-state index is -1.15. The summed E-state index contributed by atoms with van der Waals surface area (Å²) in [7, 11) is 0. The highest BCUT2D eigenvalue weighted by Gasteiger charge is 2.24. The lowest BCUT2D eigenvalue weighted by Gasteiger charge is -2.13. The van der Waals surface area contributed by atoms with Gasteiger partial charge in [0.25, 0.3) is 5.69 Å². The number of carboxylic acid groups (broad SMARTS) is 1. The number of benzene rings is 1. The number of carbonyl (C=O) groups is 1. The van der Waals surface area contributed by atoms with E-state index in [0.29, 0.717) is 12.1 Å². The first-order valence-electron chi connectivity index (χ1n) is 5.68. The molecule has 6 heteroatoms. The van der Waals surface area contributed by atoms with Crippen LogP contribution in [0, 0.1) is 10.1 Å². The molecule has 0 radical (unpaired) electrons. The van der Waals surface area contributed by atoms with Crippen LogP contribution in [0.5, 0.6) is 0 Å². The van der Waals surface area contributed by atoms with E-state index in [0.717, 1.165) is 0 Å². The Balaban J connectivity index is 3.48. The molecule has 0 fully saturated rings. The molecule has 0 aromatic heterocycles. The lowest BCUT2D eigenvalue weighted by molar-refractivity contribution is -0.384. The molecule has 0 amide bonds. The maximum absolute atomic E-state index is 11.1. The number of rotatable bonds is 5. The lowest BCUT2D eigenvalue weighted by Crippen LogP contribution is -2.14.